The van der Waals surface area contributed by atoms with Crippen molar-refractivity contribution >= 4 is 29.1 Å². The van der Waals surface area contributed by atoms with Gasteiger partial charge in [0.1, 0.15) is 5.75 Å². The van der Waals surface area contributed by atoms with Crippen LogP contribution in [-0.4, -0.2) is 50.4 Å². The van der Waals surface area contributed by atoms with E-state index >= 15 is 0 Å². The fourth-order valence-corrected chi connectivity index (χ4v) is 3.58. The van der Waals surface area contributed by atoms with Gasteiger partial charge in [-0.2, -0.15) is 0 Å². The molecule has 3 amide bonds. The number of aryl methyl sites for hydroxylation is 1. The first-order valence-corrected chi connectivity index (χ1v) is 9.80. The predicted molar refractivity (Wildman–Crippen MR) is 116 cm³/mol. The number of hydrogen-bond donors (Lipinski definition) is 1. The lowest BCUT2D eigenvalue weighted by Crippen LogP contribution is -2.29. The maximum atomic E-state index is 12.9. The van der Waals surface area contributed by atoms with E-state index in [0.717, 1.165) is 16.8 Å². The van der Waals surface area contributed by atoms with E-state index in [1.807, 2.05) is 32.0 Å². The third kappa shape index (κ3) is 4.15. The van der Waals surface area contributed by atoms with Crippen molar-refractivity contribution in [2.45, 2.75) is 20.3 Å². The Labute approximate surface area is 176 Å². The first-order valence-electron chi connectivity index (χ1n) is 9.80. The molecule has 1 saturated heterocycles. The smallest absolute Gasteiger partial charge is 0.253 e. The normalized spacial score (nSPS) is 15.8. The number of carbonyl (C=O) groups is 3. The highest BCUT2D eigenvalue weighted by molar-refractivity contribution is 6.05. The van der Waals surface area contributed by atoms with Gasteiger partial charge in [-0.25, -0.2) is 0 Å². The Bertz CT molecular complexity index is 1000. The Balaban J connectivity index is 1.80. The molecule has 1 unspecified atom stereocenters. The molecule has 1 atom stereocenters. The van der Waals surface area contributed by atoms with Crippen LogP contribution in [0, 0.1) is 19.8 Å². The van der Waals surface area contributed by atoms with Crippen molar-refractivity contribution in [1.82, 2.24) is 4.90 Å². The molecule has 7 nitrogen and oxygen atoms in total. The van der Waals surface area contributed by atoms with Crippen LogP contribution in [0.15, 0.2) is 36.4 Å². The molecule has 0 aromatic heterocycles. The first-order chi connectivity index (χ1) is 14.2. The number of amides is 3. The number of methoxy groups -OCH3 is 1. The molecule has 2 aromatic rings. The lowest BCUT2D eigenvalue weighted by atomic mass is 10.1. The third-order valence-corrected chi connectivity index (χ3v) is 5.47. The summed E-state index contributed by atoms with van der Waals surface area (Å²) in [5.41, 5.74) is 3.82. The molecule has 7 heteroatoms. The molecule has 3 rings (SSSR count). The number of anilines is 2. The van der Waals surface area contributed by atoms with Gasteiger partial charge in [-0.15, -0.1) is 0 Å². The number of benzene rings is 2. The molecule has 0 spiro atoms. The third-order valence-electron chi connectivity index (χ3n) is 5.47. The molecule has 0 saturated carbocycles. The van der Waals surface area contributed by atoms with Crippen LogP contribution >= 0.6 is 0 Å². The van der Waals surface area contributed by atoms with E-state index in [2.05, 4.69) is 5.32 Å². The van der Waals surface area contributed by atoms with E-state index in [4.69, 9.17) is 4.74 Å². The quantitative estimate of drug-likeness (QED) is 0.823. The van der Waals surface area contributed by atoms with Crippen molar-refractivity contribution < 1.29 is 19.1 Å². The Hall–Kier alpha value is -3.35. The molecular weight excluding hydrogens is 382 g/mol. The van der Waals surface area contributed by atoms with Crippen LogP contribution in [0.5, 0.6) is 5.75 Å². The Kier molecular flexibility index (Phi) is 6.10. The minimum absolute atomic E-state index is 0.0765. The van der Waals surface area contributed by atoms with Crippen molar-refractivity contribution in [3.8, 4) is 5.75 Å². The van der Waals surface area contributed by atoms with Gasteiger partial charge in [-0.1, -0.05) is 12.1 Å². The van der Waals surface area contributed by atoms with Crippen LogP contribution in [0.25, 0.3) is 0 Å². The molecule has 0 aliphatic carbocycles. The van der Waals surface area contributed by atoms with Gasteiger partial charge in [-0.05, 0) is 49.2 Å². The Morgan fingerprint density at radius 1 is 1.17 bits per heavy atom. The highest BCUT2D eigenvalue weighted by Crippen LogP contribution is 2.31. The number of carbonyl (C=O) groups excluding carboxylic acids is 3. The second kappa shape index (κ2) is 8.57. The summed E-state index contributed by atoms with van der Waals surface area (Å²) in [5, 5.41) is 2.84. The SMILES string of the molecule is COc1ccc(C(=O)N(C)C)cc1NC(=O)C1CC(=O)N(c2cccc(C)c2C)C1. The van der Waals surface area contributed by atoms with Gasteiger partial charge in [0.05, 0.1) is 18.7 Å². The summed E-state index contributed by atoms with van der Waals surface area (Å²) in [5.74, 6) is -0.564. The van der Waals surface area contributed by atoms with Gasteiger partial charge in [0.2, 0.25) is 11.8 Å². The molecular formula is C23H27N3O4. The fourth-order valence-electron chi connectivity index (χ4n) is 3.58. The van der Waals surface area contributed by atoms with Crippen LogP contribution in [0.1, 0.15) is 27.9 Å². The summed E-state index contributed by atoms with van der Waals surface area (Å²) in [6, 6.07) is 10.7. The predicted octanol–water partition coefficient (Wildman–Crippen LogP) is 3.01. The van der Waals surface area contributed by atoms with Crippen molar-refractivity contribution in [2.75, 3.05) is 38.0 Å². The van der Waals surface area contributed by atoms with Gasteiger partial charge in [0.15, 0.2) is 0 Å². The van der Waals surface area contributed by atoms with Crippen molar-refractivity contribution in [2.24, 2.45) is 5.92 Å². The minimum Gasteiger partial charge on any atom is -0.495 e. The van der Waals surface area contributed by atoms with Crippen LogP contribution in [0.3, 0.4) is 0 Å². The van der Waals surface area contributed by atoms with Crippen molar-refractivity contribution in [1.29, 1.82) is 0 Å². The van der Waals surface area contributed by atoms with E-state index in [1.54, 1.807) is 37.2 Å². The zero-order chi connectivity index (χ0) is 22.0. The van der Waals surface area contributed by atoms with Crippen LogP contribution in [0.4, 0.5) is 11.4 Å². The molecule has 1 aliphatic rings. The van der Waals surface area contributed by atoms with E-state index in [0.29, 0.717) is 23.5 Å². The standard InChI is InChI=1S/C23H27N3O4/c1-14-7-6-8-19(15(14)2)26-13-17(12-21(26)27)22(28)24-18-11-16(23(29)25(3)4)9-10-20(18)30-5/h6-11,17H,12-13H2,1-5H3,(H,24,28). The topological polar surface area (TPSA) is 79.0 Å². The maximum Gasteiger partial charge on any atom is 0.253 e. The summed E-state index contributed by atoms with van der Waals surface area (Å²) < 4.78 is 5.33. The molecule has 2 aromatic carbocycles. The van der Waals surface area contributed by atoms with Crippen molar-refractivity contribution in [3.63, 3.8) is 0 Å². The maximum absolute atomic E-state index is 12.9. The second-order valence-corrected chi connectivity index (χ2v) is 7.73. The summed E-state index contributed by atoms with van der Waals surface area (Å²) in [4.78, 5) is 41.0. The lowest BCUT2D eigenvalue weighted by molar-refractivity contribution is -0.122. The van der Waals surface area contributed by atoms with E-state index in [9.17, 15) is 14.4 Å². The van der Waals surface area contributed by atoms with Crippen LogP contribution < -0.4 is 15.0 Å². The molecule has 30 heavy (non-hydrogen) atoms. The van der Waals surface area contributed by atoms with E-state index in [-0.39, 0.29) is 24.1 Å². The number of hydrogen-bond acceptors (Lipinski definition) is 4. The highest BCUT2D eigenvalue weighted by atomic mass is 16.5. The Morgan fingerprint density at radius 2 is 1.90 bits per heavy atom. The second-order valence-electron chi connectivity index (χ2n) is 7.73. The zero-order valence-corrected chi connectivity index (χ0v) is 18.0. The van der Waals surface area contributed by atoms with Gasteiger partial charge in [0.25, 0.3) is 5.91 Å². The first kappa shape index (κ1) is 21.4. The zero-order valence-electron chi connectivity index (χ0n) is 18.0. The molecule has 1 heterocycles. The van der Waals surface area contributed by atoms with Gasteiger partial charge in [0, 0.05) is 38.3 Å². The molecule has 1 N–H and O–H groups in total. The lowest BCUT2D eigenvalue weighted by Gasteiger charge is -2.20. The average molecular weight is 409 g/mol. The average Bonchev–Trinajstić information content (AvgIpc) is 3.11. The number of rotatable bonds is 5. The summed E-state index contributed by atoms with van der Waals surface area (Å²) in [6.45, 7) is 4.29. The molecule has 0 radical (unpaired) electrons. The van der Waals surface area contributed by atoms with Crippen LogP contribution in [-0.2, 0) is 9.59 Å². The molecule has 1 fully saturated rings. The van der Waals surface area contributed by atoms with Gasteiger partial charge >= 0.3 is 0 Å². The summed E-state index contributed by atoms with van der Waals surface area (Å²) in [6.07, 6.45) is 0.137. The summed E-state index contributed by atoms with van der Waals surface area (Å²) in [7, 11) is 4.83. The number of nitrogens with one attached hydrogen (secondary N) is 1. The monoisotopic (exact) mass is 409 g/mol. The Morgan fingerprint density at radius 3 is 2.57 bits per heavy atom. The van der Waals surface area contributed by atoms with Gasteiger partial charge in [-0.3, -0.25) is 14.4 Å². The fraction of sp³-hybridized carbons (Fsp3) is 0.348. The molecule has 1 aliphatic heterocycles. The van der Waals surface area contributed by atoms with Crippen LogP contribution in [0.2, 0.25) is 0 Å². The largest absolute Gasteiger partial charge is 0.495 e. The molecule has 158 valence electrons. The number of nitrogens with zero attached hydrogens (tertiary/aromatic N) is 2. The molecule has 0 bridgehead atoms. The summed E-state index contributed by atoms with van der Waals surface area (Å²) >= 11 is 0. The minimum atomic E-state index is -0.490. The number of ether oxygens (including phenoxy) is 1. The van der Waals surface area contributed by atoms with E-state index < -0.39 is 5.92 Å². The van der Waals surface area contributed by atoms with Crippen molar-refractivity contribution in [3.05, 3.63) is 53.1 Å². The van der Waals surface area contributed by atoms with E-state index in [1.165, 1.54) is 12.0 Å². The van der Waals surface area contributed by atoms with Gasteiger partial charge < -0.3 is 19.9 Å². The highest BCUT2D eigenvalue weighted by Gasteiger charge is 2.36.